The molecule has 0 bridgehead atoms. The summed E-state index contributed by atoms with van der Waals surface area (Å²) in [7, 11) is 0. The smallest absolute Gasteiger partial charge is 0.225 e. The van der Waals surface area contributed by atoms with Gasteiger partial charge in [-0.15, -0.1) is 0 Å². The summed E-state index contributed by atoms with van der Waals surface area (Å²) in [5.74, 6) is 1.62. The minimum Gasteiger partial charge on any atom is -0.467 e. The number of hydrogen-bond acceptors (Lipinski definition) is 5. The van der Waals surface area contributed by atoms with E-state index in [0.29, 0.717) is 30.4 Å². The number of nitrogens with zero attached hydrogens (tertiary/aromatic N) is 2. The van der Waals surface area contributed by atoms with Crippen LogP contribution in [0, 0.1) is 5.82 Å². The minimum atomic E-state index is -0.247. The average Bonchev–Trinajstić information content (AvgIpc) is 3.26. The number of benzene rings is 2. The molecule has 2 aromatic heterocycles. The third-order valence-corrected chi connectivity index (χ3v) is 4.21. The van der Waals surface area contributed by atoms with Crippen LogP contribution in [0.4, 0.5) is 16.2 Å². The first-order valence-electron chi connectivity index (χ1n) is 8.96. The molecule has 0 spiro atoms. The fourth-order valence-electron chi connectivity index (χ4n) is 2.78. The first kappa shape index (κ1) is 17.7. The highest BCUT2D eigenvalue weighted by Crippen LogP contribution is 2.22. The molecule has 2 heterocycles. The number of anilines is 2. The molecule has 0 fully saturated rings. The number of furan rings is 1. The van der Waals surface area contributed by atoms with Gasteiger partial charge in [0.15, 0.2) is 0 Å². The molecule has 4 aromatic rings. The van der Waals surface area contributed by atoms with Gasteiger partial charge in [0.2, 0.25) is 5.95 Å². The number of halogens is 1. The second-order valence-electron chi connectivity index (χ2n) is 6.21. The Kier molecular flexibility index (Phi) is 5.29. The van der Waals surface area contributed by atoms with Crippen molar-refractivity contribution in [3.8, 4) is 11.3 Å². The standard InChI is InChI=1S/C22H19FN4O/c23-19-11-5-4-9-17(19)14-24-21-13-20(16-7-2-1-3-8-16)26-22(27-21)25-15-18-10-6-12-28-18/h1-13H,14-15H2,(H2,24,25,26,27). The van der Waals surface area contributed by atoms with Crippen molar-refractivity contribution in [3.05, 3.63) is 96.2 Å². The van der Waals surface area contributed by atoms with Gasteiger partial charge in [-0.25, -0.2) is 9.37 Å². The Labute approximate surface area is 162 Å². The second kappa shape index (κ2) is 8.35. The van der Waals surface area contributed by atoms with Gasteiger partial charge in [-0.2, -0.15) is 4.98 Å². The Morgan fingerprint density at radius 1 is 0.821 bits per heavy atom. The Morgan fingerprint density at radius 2 is 1.64 bits per heavy atom. The van der Waals surface area contributed by atoms with Gasteiger partial charge in [0.25, 0.3) is 0 Å². The van der Waals surface area contributed by atoms with Crippen molar-refractivity contribution in [1.29, 1.82) is 0 Å². The van der Waals surface area contributed by atoms with Crippen LogP contribution in [0.2, 0.25) is 0 Å². The summed E-state index contributed by atoms with van der Waals surface area (Å²) in [6.07, 6.45) is 1.62. The average molecular weight is 374 g/mol. The first-order chi connectivity index (χ1) is 13.8. The lowest BCUT2D eigenvalue weighted by atomic mass is 10.1. The molecule has 0 aliphatic rings. The molecule has 0 atom stereocenters. The number of hydrogen-bond donors (Lipinski definition) is 2. The SMILES string of the molecule is Fc1ccccc1CNc1cc(-c2ccccc2)nc(NCc2ccco2)n1. The van der Waals surface area contributed by atoms with Gasteiger partial charge in [0.1, 0.15) is 17.4 Å². The van der Waals surface area contributed by atoms with Crippen molar-refractivity contribution in [3.63, 3.8) is 0 Å². The van der Waals surface area contributed by atoms with Gasteiger partial charge in [-0.3, -0.25) is 0 Å². The summed E-state index contributed by atoms with van der Waals surface area (Å²) < 4.78 is 19.2. The topological polar surface area (TPSA) is 63.0 Å². The molecule has 0 radical (unpaired) electrons. The minimum absolute atomic E-state index is 0.247. The predicted octanol–water partition coefficient (Wildman–Crippen LogP) is 5.10. The van der Waals surface area contributed by atoms with Crippen LogP contribution in [0.25, 0.3) is 11.3 Å². The highest BCUT2D eigenvalue weighted by atomic mass is 19.1. The molecule has 0 unspecified atom stereocenters. The molecule has 140 valence electrons. The molecular weight excluding hydrogens is 355 g/mol. The van der Waals surface area contributed by atoms with Crippen LogP contribution in [0.15, 0.2) is 83.5 Å². The van der Waals surface area contributed by atoms with Crippen LogP contribution < -0.4 is 10.6 Å². The van der Waals surface area contributed by atoms with E-state index in [9.17, 15) is 4.39 Å². The monoisotopic (exact) mass is 374 g/mol. The summed E-state index contributed by atoms with van der Waals surface area (Å²) in [5.41, 5.74) is 2.32. The van der Waals surface area contributed by atoms with E-state index in [4.69, 9.17) is 4.42 Å². The Morgan fingerprint density at radius 3 is 2.43 bits per heavy atom. The summed E-state index contributed by atoms with van der Waals surface area (Å²) in [6.45, 7) is 0.799. The molecule has 4 rings (SSSR count). The maximum absolute atomic E-state index is 13.9. The Hall–Kier alpha value is -3.67. The van der Waals surface area contributed by atoms with E-state index in [2.05, 4.69) is 20.6 Å². The second-order valence-corrected chi connectivity index (χ2v) is 6.21. The van der Waals surface area contributed by atoms with Gasteiger partial charge in [0.05, 0.1) is 18.5 Å². The zero-order valence-electron chi connectivity index (χ0n) is 15.1. The fraction of sp³-hybridized carbons (Fsp3) is 0.0909. The van der Waals surface area contributed by atoms with E-state index in [1.54, 1.807) is 18.4 Å². The van der Waals surface area contributed by atoms with Crippen LogP contribution in [0.1, 0.15) is 11.3 Å². The van der Waals surface area contributed by atoms with Crippen molar-refractivity contribution in [2.75, 3.05) is 10.6 Å². The zero-order valence-corrected chi connectivity index (χ0v) is 15.1. The van der Waals surface area contributed by atoms with Gasteiger partial charge in [-0.05, 0) is 18.2 Å². The fourth-order valence-corrected chi connectivity index (χ4v) is 2.78. The van der Waals surface area contributed by atoms with Crippen LogP contribution in [-0.2, 0) is 13.1 Å². The van der Waals surface area contributed by atoms with Crippen molar-refractivity contribution in [2.24, 2.45) is 0 Å². The van der Waals surface area contributed by atoms with E-state index in [-0.39, 0.29) is 5.82 Å². The predicted molar refractivity (Wildman–Crippen MR) is 107 cm³/mol. The molecule has 2 N–H and O–H groups in total. The van der Waals surface area contributed by atoms with Crippen LogP contribution in [-0.4, -0.2) is 9.97 Å². The molecule has 2 aromatic carbocycles. The molecule has 28 heavy (non-hydrogen) atoms. The van der Waals surface area contributed by atoms with Crippen LogP contribution >= 0.6 is 0 Å². The molecule has 0 aliphatic heterocycles. The molecule has 0 saturated heterocycles. The van der Waals surface area contributed by atoms with Crippen molar-refractivity contribution in [1.82, 2.24) is 9.97 Å². The van der Waals surface area contributed by atoms with Crippen LogP contribution in [0.3, 0.4) is 0 Å². The van der Waals surface area contributed by atoms with E-state index in [0.717, 1.165) is 17.0 Å². The lowest BCUT2D eigenvalue weighted by molar-refractivity contribution is 0.517. The van der Waals surface area contributed by atoms with E-state index < -0.39 is 0 Å². The van der Waals surface area contributed by atoms with Gasteiger partial charge >= 0.3 is 0 Å². The van der Waals surface area contributed by atoms with Crippen molar-refractivity contribution < 1.29 is 8.81 Å². The number of rotatable bonds is 7. The summed E-state index contributed by atoms with van der Waals surface area (Å²) in [4.78, 5) is 9.10. The summed E-state index contributed by atoms with van der Waals surface area (Å²) in [6, 6.07) is 22.1. The quantitative estimate of drug-likeness (QED) is 0.471. The van der Waals surface area contributed by atoms with Crippen molar-refractivity contribution >= 4 is 11.8 Å². The maximum Gasteiger partial charge on any atom is 0.225 e. The van der Waals surface area contributed by atoms with E-state index >= 15 is 0 Å². The normalized spacial score (nSPS) is 10.6. The Balaban J connectivity index is 1.58. The third-order valence-electron chi connectivity index (χ3n) is 4.21. The highest BCUT2D eigenvalue weighted by molar-refractivity contribution is 5.64. The third kappa shape index (κ3) is 4.35. The molecule has 0 saturated carbocycles. The number of aromatic nitrogens is 2. The summed E-state index contributed by atoms with van der Waals surface area (Å²) >= 11 is 0. The van der Waals surface area contributed by atoms with Crippen LogP contribution in [0.5, 0.6) is 0 Å². The lowest BCUT2D eigenvalue weighted by Gasteiger charge is -2.11. The zero-order chi connectivity index (χ0) is 19.2. The van der Waals surface area contributed by atoms with E-state index in [1.807, 2.05) is 54.6 Å². The first-order valence-corrected chi connectivity index (χ1v) is 8.96. The molecule has 5 nitrogen and oxygen atoms in total. The number of nitrogens with one attached hydrogen (secondary N) is 2. The lowest BCUT2D eigenvalue weighted by Crippen LogP contribution is -2.08. The van der Waals surface area contributed by atoms with Gasteiger partial charge in [-0.1, -0.05) is 48.5 Å². The molecule has 0 amide bonds. The summed E-state index contributed by atoms with van der Waals surface area (Å²) in [5, 5.41) is 6.37. The largest absolute Gasteiger partial charge is 0.467 e. The van der Waals surface area contributed by atoms with Gasteiger partial charge < -0.3 is 15.1 Å². The van der Waals surface area contributed by atoms with Gasteiger partial charge in [0, 0.05) is 23.7 Å². The molecule has 0 aliphatic carbocycles. The van der Waals surface area contributed by atoms with Crippen molar-refractivity contribution in [2.45, 2.75) is 13.1 Å². The maximum atomic E-state index is 13.9. The molecular formula is C22H19FN4O. The highest BCUT2D eigenvalue weighted by Gasteiger charge is 2.08. The Bertz CT molecular complexity index is 1040. The molecule has 6 heteroatoms. The van der Waals surface area contributed by atoms with E-state index in [1.165, 1.54) is 6.07 Å².